The molecule has 3 heterocycles. The quantitative estimate of drug-likeness (QED) is 0.604. The Morgan fingerprint density at radius 1 is 1.23 bits per heavy atom. The average molecular weight is 461 g/mol. The number of anilines is 1. The standard InChI is InChI=1S/C22H32ClF3N4O/c1-16-5-4-10-29(15-16)9-3-2-8-27-21(31)17-6-11-30(12-7-17)20-19(23)13-18(14-28-20)22(24,25)26/h13-14,16-17H,2-12,15H2,1H3,(H,27,31). The highest BCUT2D eigenvalue weighted by Crippen LogP contribution is 2.34. The molecular formula is C22H32ClF3N4O. The number of halogens is 4. The van der Waals surface area contributed by atoms with Gasteiger partial charge in [-0.05, 0) is 63.6 Å². The molecule has 1 atom stereocenters. The Morgan fingerprint density at radius 2 is 1.97 bits per heavy atom. The number of nitrogens with one attached hydrogen (secondary N) is 1. The molecule has 0 saturated carbocycles. The number of hydrogen-bond acceptors (Lipinski definition) is 4. The van der Waals surface area contributed by atoms with Crippen molar-refractivity contribution in [3.63, 3.8) is 0 Å². The molecule has 1 unspecified atom stereocenters. The first-order valence-electron chi connectivity index (χ1n) is 11.2. The summed E-state index contributed by atoms with van der Waals surface area (Å²) >= 11 is 6.04. The zero-order chi connectivity index (χ0) is 22.4. The number of carbonyl (C=O) groups is 1. The lowest BCUT2D eigenvalue weighted by Crippen LogP contribution is -2.41. The minimum atomic E-state index is -4.47. The molecule has 1 N–H and O–H groups in total. The van der Waals surface area contributed by atoms with Gasteiger partial charge in [-0.3, -0.25) is 4.79 Å². The predicted octanol–water partition coefficient (Wildman–Crippen LogP) is 4.60. The zero-order valence-corrected chi connectivity index (χ0v) is 18.8. The molecule has 9 heteroatoms. The summed E-state index contributed by atoms with van der Waals surface area (Å²) in [5.74, 6) is 1.12. The lowest BCUT2D eigenvalue weighted by molar-refractivity contribution is -0.137. The van der Waals surface area contributed by atoms with E-state index in [1.165, 1.54) is 25.9 Å². The third-order valence-corrected chi connectivity index (χ3v) is 6.53. The number of nitrogens with zero attached hydrogens (tertiary/aromatic N) is 3. The number of piperidine rings is 2. The molecule has 2 fully saturated rings. The number of rotatable bonds is 7. The molecule has 1 aromatic rings. The Hall–Kier alpha value is -1.54. The van der Waals surface area contributed by atoms with Gasteiger partial charge >= 0.3 is 6.18 Å². The Morgan fingerprint density at radius 3 is 2.61 bits per heavy atom. The van der Waals surface area contributed by atoms with E-state index < -0.39 is 11.7 Å². The minimum Gasteiger partial charge on any atom is -0.356 e. The first kappa shape index (κ1) is 24.1. The van der Waals surface area contributed by atoms with Crippen LogP contribution < -0.4 is 10.2 Å². The van der Waals surface area contributed by atoms with E-state index in [4.69, 9.17) is 11.6 Å². The van der Waals surface area contributed by atoms with Crippen LogP contribution in [0.3, 0.4) is 0 Å². The van der Waals surface area contributed by atoms with E-state index in [0.29, 0.717) is 38.3 Å². The van der Waals surface area contributed by atoms with Gasteiger partial charge in [0, 0.05) is 38.3 Å². The van der Waals surface area contributed by atoms with Crippen LogP contribution in [0, 0.1) is 11.8 Å². The summed E-state index contributed by atoms with van der Waals surface area (Å²) in [6, 6.07) is 0.910. The van der Waals surface area contributed by atoms with Crippen molar-refractivity contribution in [1.82, 2.24) is 15.2 Å². The summed E-state index contributed by atoms with van der Waals surface area (Å²) in [4.78, 5) is 20.8. The van der Waals surface area contributed by atoms with Crippen LogP contribution in [0.1, 0.15) is 51.0 Å². The molecule has 0 aromatic carbocycles. The Labute approximate surface area is 187 Å². The number of carbonyl (C=O) groups excluding carboxylic acids is 1. The maximum absolute atomic E-state index is 12.8. The van der Waals surface area contributed by atoms with Gasteiger partial charge in [-0.2, -0.15) is 13.2 Å². The first-order chi connectivity index (χ1) is 14.7. The van der Waals surface area contributed by atoms with Crippen LogP contribution in [-0.4, -0.2) is 55.1 Å². The predicted molar refractivity (Wildman–Crippen MR) is 116 cm³/mol. The molecule has 0 spiro atoms. The monoisotopic (exact) mass is 460 g/mol. The van der Waals surface area contributed by atoms with Crippen molar-refractivity contribution in [2.45, 2.75) is 51.6 Å². The number of unbranched alkanes of at least 4 members (excludes halogenated alkanes) is 1. The minimum absolute atomic E-state index is 0.0131. The molecule has 2 aliphatic heterocycles. The highest BCUT2D eigenvalue weighted by Gasteiger charge is 2.33. The molecule has 2 aliphatic rings. The lowest BCUT2D eigenvalue weighted by Gasteiger charge is -2.32. The zero-order valence-electron chi connectivity index (χ0n) is 18.1. The summed E-state index contributed by atoms with van der Waals surface area (Å²) < 4.78 is 38.3. The van der Waals surface area contributed by atoms with E-state index >= 15 is 0 Å². The Bertz CT molecular complexity index is 738. The molecule has 1 aromatic heterocycles. The molecule has 5 nitrogen and oxygen atoms in total. The fraction of sp³-hybridized carbons (Fsp3) is 0.727. The molecule has 31 heavy (non-hydrogen) atoms. The number of alkyl halides is 3. The molecular weight excluding hydrogens is 429 g/mol. The van der Waals surface area contributed by atoms with Crippen molar-refractivity contribution in [3.8, 4) is 0 Å². The largest absolute Gasteiger partial charge is 0.417 e. The van der Waals surface area contributed by atoms with Gasteiger partial charge in [0.05, 0.1) is 10.6 Å². The highest BCUT2D eigenvalue weighted by atomic mass is 35.5. The Balaban J connectivity index is 1.36. The van der Waals surface area contributed by atoms with Crippen molar-refractivity contribution >= 4 is 23.3 Å². The van der Waals surface area contributed by atoms with Gasteiger partial charge in [-0.25, -0.2) is 4.98 Å². The topological polar surface area (TPSA) is 48.5 Å². The highest BCUT2D eigenvalue weighted by molar-refractivity contribution is 6.33. The van der Waals surface area contributed by atoms with Gasteiger partial charge in [-0.1, -0.05) is 18.5 Å². The smallest absolute Gasteiger partial charge is 0.356 e. The van der Waals surface area contributed by atoms with Crippen LogP contribution in [0.5, 0.6) is 0 Å². The van der Waals surface area contributed by atoms with E-state index in [1.807, 2.05) is 4.90 Å². The summed E-state index contributed by atoms with van der Waals surface area (Å²) in [6.07, 6.45) is 2.28. The molecule has 0 radical (unpaired) electrons. The van der Waals surface area contributed by atoms with Crippen molar-refractivity contribution in [1.29, 1.82) is 0 Å². The van der Waals surface area contributed by atoms with Crippen LogP contribution in [0.25, 0.3) is 0 Å². The molecule has 3 rings (SSSR count). The number of pyridine rings is 1. The van der Waals surface area contributed by atoms with E-state index in [0.717, 1.165) is 37.6 Å². The molecule has 0 aliphatic carbocycles. The Kier molecular flexibility index (Phi) is 8.44. The van der Waals surface area contributed by atoms with Crippen molar-refractivity contribution in [2.75, 3.05) is 44.2 Å². The summed E-state index contributed by atoms with van der Waals surface area (Å²) in [5, 5.41) is 3.03. The van der Waals surface area contributed by atoms with Crippen molar-refractivity contribution in [3.05, 3.63) is 22.8 Å². The summed E-state index contributed by atoms with van der Waals surface area (Å²) in [7, 11) is 0. The van der Waals surface area contributed by atoms with Crippen LogP contribution in [0.2, 0.25) is 5.02 Å². The first-order valence-corrected chi connectivity index (χ1v) is 11.6. The maximum Gasteiger partial charge on any atom is 0.417 e. The van der Waals surface area contributed by atoms with Gasteiger partial charge < -0.3 is 15.1 Å². The number of aromatic nitrogens is 1. The van der Waals surface area contributed by atoms with Gasteiger partial charge in [0.25, 0.3) is 0 Å². The van der Waals surface area contributed by atoms with Gasteiger partial charge in [0.15, 0.2) is 0 Å². The molecule has 1 amide bonds. The normalized spacial score (nSPS) is 21.3. The fourth-order valence-electron chi connectivity index (χ4n) is 4.48. The van der Waals surface area contributed by atoms with E-state index in [-0.39, 0.29) is 16.8 Å². The van der Waals surface area contributed by atoms with Gasteiger partial charge in [0.2, 0.25) is 5.91 Å². The molecule has 0 bridgehead atoms. The number of hydrogen-bond donors (Lipinski definition) is 1. The van der Waals surface area contributed by atoms with E-state index in [9.17, 15) is 18.0 Å². The summed E-state index contributed by atoms with van der Waals surface area (Å²) in [6.45, 7) is 7.55. The number of amides is 1. The SMILES string of the molecule is CC1CCCN(CCCCNC(=O)C2CCN(c3ncc(C(F)(F)F)cc3Cl)CC2)C1. The average Bonchev–Trinajstić information content (AvgIpc) is 2.73. The van der Waals surface area contributed by atoms with E-state index in [2.05, 4.69) is 22.1 Å². The second-order valence-corrected chi connectivity index (χ2v) is 9.24. The summed E-state index contributed by atoms with van der Waals surface area (Å²) in [5.41, 5.74) is -0.856. The lowest BCUT2D eigenvalue weighted by atomic mass is 9.96. The van der Waals surface area contributed by atoms with Crippen LogP contribution >= 0.6 is 11.6 Å². The number of likely N-dealkylation sites (tertiary alicyclic amines) is 1. The third kappa shape index (κ3) is 6.97. The van der Waals surface area contributed by atoms with Gasteiger partial charge in [0.1, 0.15) is 5.82 Å². The molecule has 174 valence electrons. The van der Waals surface area contributed by atoms with E-state index in [1.54, 1.807) is 0 Å². The second kappa shape index (κ2) is 10.9. The molecule has 2 saturated heterocycles. The van der Waals surface area contributed by atoms with Gasteiger partial charge in [-0.15, -0.1) is 0 Å². The second-order valence-electron chi connectivity index (χ2n) is 8.83. The maximum atomic E-state index is 12.8. The van der Waals surface area contributed by atoms with Crippen LogP contribution in [0.4, 0.5) is 19.0 Å². The fourth-order valence-corrected chi connectivity index (χ4v) is 4.76. The third-order valence-electron chi connectivity index (χ3n) is 6.26. The van der Waals surface area contributed by atoms with Crippen molar-refractivity contribution < 1.29 is 18.0 Å². The van der Waals surface area contributed by atoms with Crippen LogP contribution in [0.15, 0.2) is 12.3 Å². The van der Waals surface area contributed by atoms with Crippen LogP contribution in [-0.2, 0) is 11.0 Å². The van der Waals surface area contributed by atoms with Crippen molar-refractivity contribution in [2.24, 2.45) is 11.8 Å².